The normalized spacial score (nSPS) is 12.0. The van der Waals surface area contributed by atoms with Gasteiger partial charge in [0.25, 0.3) is 0 Å². The molecule has 0 aliphatic carbocycles. The number of unbranched alkanes of at least 4 members (excludes halogenated alkanes) is 40. The van der Waals surface area contributed by atoms with Gasteiger partial charge < -0.3 is 14.2 Å². The number of ether oxygens (including phenoxy) is 3. The first kappa shape index (κ1) is 65.4. The second-order valence-corrected chi connectivity index (χ2v) is 21.9. The molecule has 0 unspecified atom stereocenters. The molecular weight excluding hydrogens is 829 g/mol. The maximum atomic E-state index is 12.9. The largest absolute Gasteiger partial charge is 0.462 e. The third kappa shape index (κ3) is 55.2. The number of hydrogen-bond donors (Lipinski definition) is 0. The Balaban J connectivity index is 4.28. The maximum absolute atomic E-state index is 12.9. The molecule has 0 aromatic rings. The van der Waals surface area contributed by atoms with Crippen molar-refractivity contribution in [2.45, 2.75) is 349 Å². The second-order valence-electron chi connectivity index (χ2n) is 21.9. The maximum Gasteiger partial charge on any atom is 0.306 e. The molecule has 0 radical (unpaired) electrons. The highest BCUT2D eigenvalue weighted by atomic mass is 16.6. The summed E-state index contributed by atoms with van der Waals surface area (Å²) in [5, 5.41) is 0. The van der Waals surface area contributed by atoms with Gasteiger partial charge in [-0.05, 0) is 31.1 Å². The van der Waals surface area contributed by atoms with Crippen LogP contribution in [0.5, 0.6) is 0 Å². The van der Waals surface area contributed by atoms with E-state index in [-0.39, 0.29) is 31.1 Å². The predicted octanol–water partition coefficient (Wildman–Crippen LogP) is 20.0. The minimum Gasteiger partial charge on any atom is -0.462 e. The minimum atomic E-state index is -0.763. The number of hydrogen-bond acceptors (Lipinski definition) is 6. The van der Waals surface area contributed by atoms with Crippen LogP contribution in [0, 0.1) is 11.8 Å². The molecule has 0 heterocycles. The summed E-state index contributed by atoms with van der Waals surface area (Å²) in [6.07, 6.45) is 58.1. The average molecular weight is 948 g/mol. The molecule has 0 saturated carbocycles. The molecule has 0 N–H and O–H groups in total. The molecule has 0 aliphatic rings. The van der Waals surface area contributed by atoms with E-state index in [1.54, 1.807) is 0 Å². The van der Waals surface area contributed by atoms with Crippen LogP contribution in [0.25, 0.3) is 0 Å². The third-order valence-corrected chi connectivity index (χ3v) is 14.0. The van der Waals surface area contributed by atoms with E-state index in [4.69, 9.17) is 14.2 Å². The molecule has 0 fully saturated rings. The van der Waals surface area contributed by atoms with Gasteiger partial charge in [-0.1, -0.05) is 304 Å². The zero-order valence-corrected chi connectivity index (χ0v) is 46.0. The Kier molecular flexibility index (Phi) is 52.5. The van der Waals surface area contributed by atoms with Crippen LogP contribution in [-0.2, 0) is 28.6 Å². The SMILES string of the molecule is CCCCCCCCCCCCCCCCCCC(=O)O[C@@H](COC(=O)CCCCCCCCCCCCCCCCCCC(C)C)COC(=O)CCCCCCCCCCCCCC(C)C. The van der Waals surface area contributed by atoms with Gasteiger partial charge in [-0.3, -0.25) is 14.4 Å². The smallest absolute Gasteiger partial charge is 0.306 e. The lowest BCUT2D eigenvalue weighted by Gasteiger charge is -2.18. The van der Waals surface area contributed by atoms with Gasteiger partial charge >= 0.3 is 17.9 Å². The quantitative estimate of drug-likeness (QED) is 0.0343. The van der Waals surface area contributed by atoms with Gasteiger partial charge in [0.1, 0.15) is 13.2 Å². The summed E-state index contributed by atoms with van der Waals surface area (Å²) in [6, 6.07) is 0. The molecule has 6 heteroatoms. The number of carbonyl (C=O) groups excluding carboxylic acids is 3. The van der Waals surface area contributed by atoms with E-state index < -0.39 is 6.10 Å². The second kappa shape index (κ2) is 53.8. The lowest BCUT2D eigenvalue weighted by molar-refractivity contribution is -0.167. The number of rotatable bonds is 55. The van der Waals surface area contributed by atoms with Crippen LogP contribution in [-0.4, -0.2) is 37.2 Å². The van der Waals surface area contributed by atoms with Gasteiger partial charge in [0.05, 0.1) is 0 Å². The summed E-state index contributed by atoms with van der Waals surface area (Å²) in [5.41, 5.74) is 0. The summed E-state index contributed by atoms with van der Waals surface area (Å²) < 4.78 is 16.9. The van der Waals surface area contributed by atoms with Crippen LogP contribution < -0.4 is 0 Å². The van der Waals surface area contributed by atoms with E-state index in [1.807, 2.05) is 0 Å². The van der Waals surface area contributed by atoms with Crippen molar-refractivity contribution >= 4 is 17.9 Å². The highest BCUT2D eigenvalue weighted by Gasteiger charge is 2.19. The molecule has 398 valence electrons. The molecule has 0 saturated heterocycles. The van der Waals surface area contributed by atoms with Gasteiger partial charge in [0.2, 0.25) is 0 Å². The van der Waals surface area contributed by atoms with Crippen LogP contribution >= 0.6 is 0 Å². The first-order valence-corrected chi connectivity index (χ1v) is 30.2. The van der Waals surface area contributed by atoms with Gasteiger partial charge in [-0.2, -0.15) is 0 Å². The van der Waals surface area contributed by atoms with Crippen molar-refractivity contribution in [2.24, 2.45) is 11.8 Å². The summed E-state index contributed by atoms with van der Waals surface area (Å²) in [4.78, 5) is 38.2. The van der Waals surface area contributed by atoms with Crippen molar-refractivity contribution in [3.05, 3.63) is 0 Å². The average Bonchev–Trinajstić information content (AvgIpc) is 3.30. The van der Waals surface area contributed by atoms with Gasteiger partial charge in [0, 0.05) is 19.3 Å². The van der Waals surface area contributed by atoms with Crippen molar-refractivity contribution in [1.82, 2.24) is 0 Å². The highest BCUT2D eigenvalue weighted by Crippen LogP contribution is 2.18. The number of esters is 3. The predicted molar refractivity (Wildman–Crippen MR) is 289 cm³/mol. The fourth-order valence-electron chi connectivity index (χ4n) is 9.40. The summed E-state index contributed by atoms with van der Waals surface area (Å²) in [5.74, 6) is 0.844. The fourth-order valence-corrected chi connectivity index (χ4v) is 9.40. The lowest BCUT2D eigenvalue weighted by Crippen LogP contribution is -2.30. The molecule has 67 heavy (non-hydrogen) atoms. The van der Waals surface area contributed by atoms with E-state index in [9.17, 15) is 14.4 Å². The Bertz CT molecular complexity index is 1020. The van der Waals surface area contributed by atoms with Crippen molar-refractivity contribution in [3.63, 3.8) is 0 Å². The van der Waals surface area contributed by atoms with Crippen LogP contribution in [0.2, 0.25) is 0 Å². The lowest BCUT2D eigenvalue weighted by atomic mass is 10.0. The summed E-state index contributed by atoms with van der Waals surface area (Å²) >= 11 is 0. The Morgan fingerprint density at radius 2 is 0.493 bits per heavy atom. The summed E-state index contributed by atoms with van der Waals surface area (Å²) in [7, 11) is 0. The molecule has 0 aliphatic heterocycles. The first-order chi connectivity index (χ1) is 32.7. The molecule has 0 spiro atoms. The van der Waals surface area contributed by atoms with Gasteiger partial charge in [-0.15, -0.1) is 0 Å². The molecule has 1 atom stereocenters. The minimum absolute atomic E-state index is 0.0623. The molecule has 0 rings (SSSR count). The molecule has 0 bridgehead atoms. The third-order valence-electron chi connectivity index (χ3n) is 14.0. The Hall–Kier alpha value is -1.59. The van der Waals surface area contributed by atoms with Crippen LogP contribution in [0.1, 0.15) is 343 Å². The monoisotopic (exact) mass is 947 g/mol. The first-order valence-electron chi connectivity index (χ1n) is 30.2. The summed E-state index contributed by atoms with van der Waals surface area (Å²) in [6.45, 7) is 11.4. The van der Waals surface area contributed by atoms with Crippen molar-refractivity contribution in [1.29, 1.82) is 0 Å². The topological polar surface area (TPSA) is 78.9 Å². The molecule has 6 nitrogen and oxygen atoms in total. The van der Waals surface area contributed by atoms with E-state index in [1.165, 1.54) is 231 Å². The van der Waals surface area contributed by atoms with Crippen LogP contribution in [0.15, 0.2) is 0 Å². The zero-order valence-electron chi connectivity index (χ0n) is 46.0. The molecule has 0 aromatic carbocycles. The molecule has 0 amide bonds. The zero-order chi connectivity index (χ0) is 48.9. The van der Waals surface area contributed by atoms with Crippen LogP contribution in [0.3, 0.4) is 0 Å². The molecular formula is C61H118O6. The van der Waals surface area contributed by atoms with E-state index in [2.05, 4.69) is 34.6 Å². The van der Waals surface area contributed by atoms with Crippen molar-refractivity contribution in [3.8, 4) is 0 Å². The molecule has 0 aromatic heterocycles. The fraction of sp³-hybridized carbons (Fsp3) is 0.951. The Morgan fingerprint density at radius 3 is 0.731 bits per heavy atom. The highest BCUT2D eigenvalue weighted by molar-refractivity contribution is 5.71. The van der Waals surface area contributed by atoms with Crippen molar-refractivity contribution < 1.29 is 28.6 Å². The van der Waals surface area contributed by atoms with Crippen molar-refractivity contribution in [2.75, 3.05) is 13.2 Å². The van der Waals surface area contributed by atoms with E-state index in [0.29, 0.717) is 19.3 Å². The van der Waals surface area contributed by atoms with E-state index >= 15 is 0 Å². The van der Waals surface area contributed by atoms with Gasteiger partial charge in [-0.25, -0.2) is 0 Å². The Labute approximate surface area is 418 Å². The van der Waals surface area contributed by atoms with E-state index in [0.717, 1.165) is 69.6 Å². The number of carbonyl (C=O) groups is 3. The standard InChI is InChI=1S/C61H118O6/c1-6-7-8-9-10-11-12-13-14-18-22-27-33-38-43-48-53-61(64)67-58(55-66-60(63)52-47-42-37-32-28-23-25-30-35-40-45-50-57(4)5)54-65-59(62)51-46-41-36-31-26-21-19-16-15-17-20-24-29-34-39-44-49-56(2)3/h56-58H,6-55H2,1-5H3/t58-/m0/s1. The van der Waals surface area contributed by atoms with Crippen LogP contribution in [0.4, 0.5) is 0 Å². The Morgan fingerprint density at radius 1 is 0.284 bits per heavy atom. The van der Waals surface area contributed by atoms with Gasteiger partial charge in [0.15, 0.2) is 6.10 Å².